The molecule has 0 radical (unpaired) electrons. The van der Waals surface area contributed by atoms with Crippen molar-refractivity contribution >= 4 is 23.0 Å². The van der Waals surface area contributed by atoms with Crippen molar-refractivity contribution in [3.05, 3.63) is 53.1 Å². The van der Waals surface area contributed by atoms with Crippen molar-refractivity contribution in [2.45, 2.75) is 25.3 Å². The van der Waals surface area contributed by atoms with E-state index in [4.69, 9.17) is 9.15 Å². The van der Waals surface area contributed by atoms with Gasteiger partial charge in [0.2, 0.25) is 0 Å². The molecule has 3 heterocycles. The van der Waals surface area contributed by atoms with Gasteiger partial charge in [0.05, 0.1) is 7.11 Å². The highest BCUT2D eigenvalue weighted by Crippen LogP contribution is 2.29. The Morgan fingerprint density at radius 2 is 1.76 bits per heavy atom. The highest BCUT2D eigenvalue weighted by atomic mass is 16.5. The number of carboxylic acids is 1. The van der Waals surface area contributed by atoms with Gasteiger partial charge in [0.25, 0.3) is 5.91 Å². The number of hydrogen-bond donors (Lipinski definition) is 2. The lowest BCUT2D eigenvalue weighted by molar-refractivity contribution is 0.0692. The van der Waals surface area contributed by atoms with E-state index in [1.54, 1.807) is 19.2 Å². The van der Waals surface area contributed by atoms with E-state index in [0.29, 0.717) is 5.58 Å². The van der Waals surface area contributed by atoms with E-state index in [1.165, 1.54) is 5.56 Å². The lowest BCUT2D eigenvalue weighted by atomic mass is 10.0. The average molecular weight is 396 g/mol. The summed E-state index contributed by atoms with van der Waals surface area (Å²) in [6, 6.07) is 11.4. The van der Waals surface area contributed by atoms with Crippen molar-refractivity contribution in [3.8, 4) is 5.75 Å². The van der Waals surface area contributed by atoms with Gasteiger partial charge in [-0.25, -0.2) is 4.79 Å². The molecule has 0 spiro atoms. The van der Waals surface area contributed by atoms with Crippen LogP contribution in [-0.2, 0) is 6.42 Å². The third kappa shape index (κ3) is 4.05. The number of aromatic carboxylic acids is 1. The molecule has 1 aliphatic heterocycles. The summed E-state index contributed by atoms with van der Waals surface area (Å²) in [4.78, 5) is 26.5. The molecule has 1 aromatic carbocycles. The zero-order valence-electron chi connectivity index (χ0n) is 16.3. The number of carboxylic acid groups (broad SMARTS) is 1. The molecule has 1 amide bonds. The van der Waals surface area contributed by atoms with Crippen molar-refractivity contribution in [1.29, 1.82) is 0 Å². The molecule has 2 bridgehead atoms. The van der Waals surface area contributed by atoms with Crippen LogP contribution in [0, 0.1) is 0 Å². The molecule has 7 heteroatoms. The van der Waals surface area contributed by atoms with Gasteiger partial charge < -0.3 is 24.5 Å². The monoisotopic (exact) mass is 396 g/mol. The Labute approximate surface area is 168 Å². The molecule has 1 fully saturated rings. The summed E-state index contributed by atoms with van der Waals surface area (Å²) in [5.41, 5.74) is 1.93. The van der Waals surface area contributed by atoms with Crippen molar-refractivity contribution in [2.24, 2.45) is 0 Å². The first-order valence-corrected chi connectivity index (χ1v) is 9.79. The van der Waals surface area contributed by atoms with Crippen molar-refractivity contribution in [2.75, 3.05) is 26.7 Å². The first-order chi connectivity index (χ1) is 14.0. The van der Waals surface area contributed by atoms with E-state index in [9.17, 15) is 14.7 Å². The second-order valence-electron chi connectivity index (χ2n) is 7.41. The summed E-state index contributed by atoms with van der Waals surface area (Å²) < 4.78 is 10.5. The molecule has 7 nitrogen and oxygen atoms in total. The molecule has 4 rings (SSSR count). The number of methoxy groups -OCH3 is 1. The Morgan fingerprint density at radius 3 is 2.38 bits per heavy atom. The number of nitrogens with one attached hydrogen (secondary N) is 1. The predicted octanol–water partition coefficient (Wildman–Crippen LogP) is 3.01. The Bertz CT molecular complexity index is 986. The minimum atomic E-state index is -1.14. The van der Waals surface area contributed by atoms with Gasteiger partial charge in [-0.05, 0) is 49.1 Å². The molecule has 1 aliphatic rings. The van der Waals surface area contributed by atoms with Crippen molar-refractivity contribution in [1.82, 2.24) is 10.2 Å². The molecule has 0 atom stereocenters. The molecular weight excluding hydrogens is 372 g/mol. The van der Waals surface area contributed by atoms with E-state index >= 15 is 0 Å². The van der Waals surface area contributed by atoms with E-state index < -0.39 is 5.97 Å². The van der Waals surface area contributed by atoms with Crippen LogP contribution >= 0.6 is 0 Å². The second kappa shape index (κ2) is 8.13. The van der Waals surface area contributed by atoms with Crippen LogP contribution in [0.25, 0.3) is 11.2 Å². The average Bonchev–Trinajstić information content (AvgIpc) is 3.35. The fourth-order valence-electron chi connectivity index (χ4n) is 3.93. The first kappa shape index (κ1) is 19.3. The zero-order chi connectivity index (χ0) is 20.4. The maximum Gasteiger partial charge on any atom is 0.340 e. The standard InChI is InChI=1S/C22H24N2O5/c1-28-16-4-2-14(3-5-16)8-11-24-12-9-15(10-13-24)23-21(25)19-17-6-7-18(29-17)20(19)22(26)27/h2-7,15H,8-13H2,1H3,(H,23,25)(H,26,27). The number of carbonyl (C=O) groups excluding carboxylic acids is 1. The molecule has 0 aliphatic carbocycles. The van der Waals surface area contributed by atoms with Gasteiger partial charge in [0.1, 0.15) is 28.0 Å². The van der Waals surface area contributed by atoms with Gasteiger partial charge in [-0.3, -0.25) is 4.79 Å². The highest BCUT2D eigenvalue weighted by molar-refractivity contribution is 6.14. The van der Waals surface area contributed by atoms with Crippen LogP contribution in [0.5, 0.6) is 5.75 Å². The maximum absolute atomic E-state index is 12.7. The predicted molar refractivity (Wildman–Crippen MR) is 108 cm³/mol. The summed E-state index contributed by atoms with van der Waals surface area (Å²) >= 11 is 0. The fraction of sp³-hybridized carbons (Fsp3) is 0.364. The zero-order valence-corrected chi connectivity index (χ0v) is 16.3. The van der Waals surface area contributed by atoms with Crippen LogP contribution in [0.2, 0.25) is 0 Å². The van der Waals surface area contributed by atoms with Crippen molar-refractivity contribution < 1.29 is 23.8 Å². The SMILES string of the molecule is COc1ccc(CCN2CCC(NC(=O)c3c(C(=O)O)c4ccc3o4)CC2)cc1. The quantitative estimate of drug-likeness (QED) is 0.638. The van der Waals surface area contributed by atoms with Gasteiger partial charge in [-0.1, -0.05) is 12.1 Å². The van der Waals surface area contributed by atoms with E-state index in [0.717, 1.165) is 44.6 Å². The topological polar surface area (TPSA) is 92.0 Å². The van der Waals surface area contributed by atoms with Crippen LogP contribution < -0.4 is 10.1 Å². The third-order valence-corrected chi connectivity index (χ3v) is 5.59. The molecule has 2 aromatic heterocycles. The van der Waals surface area contributed by atoms with Crippen LogP contribution in [0.15, 0.2) is 40.8 Å². The van der Waals surface area contributed by atoms with Gasteiger partial charge in [0.15, 0.2) is 0 Å². The van der Waals surface area contributed by atoms with Gasteiger partial charge in [-0.15, -0.1) is 0 Å². The number of ether oxygens (including phenoxy) is 1. The smallest absolute Gasteiger partial charge is 0.340 e. The summed E-state index contributed by atoms with van der Waals surface area (Å²) in [6.07, 6.45) is 2.65. The lowest BCUT2D eigenvalue weighted by Gasteiger charge is -2.32. The number of fused-ring (bicyclic) bond motifs is 2. The minimum absolute atomic E-state index is 0.0380. The number of carbonyl (C=O) groups is 2. The molecular formula is C22H24N2O5. The number of nitrogens with zero attached hydrogens (tertiary/aromatic N) is 1. The van der Waals surface area contributed by atoms with Gasteiger partial charge in [-0.2, -0.15) is 0 Å². The molecule has 29 heavy (non-hydrogen) atoms. The molecule has 0 unspecified atom stereocenters. The molecule has 1 saturated heterocycles. The Morgan fingerprint density at radius 1 is 1.10 bits per heavy atom. The Hall–Kier alpha value is -3.06. The van der Waals surface area contributed by atoms with E-state index in [2.05, 4.69) is 22.3 Å². The molecule has 152 valence electrons. The molecule has 3 aromatic rings. The summed E-state index contributed by atoms with van der Waals surface area (Å²) in [7, 11) is 1.66. The number of likely N-dealkylation sites (tertiary alicyclic amines) is 1. The Balaban J connectivity index is 1.28. The maximum atomic E-state index is 12.7. The number of rotatable bonds is 7. The van der Waals surface area contributed by atoms with Crippen LogP contribution in [0.3, 0.4) is 0 Å². The van der Waals surface area contributed by atoms with E-state index in [-0.39, 0.29) is 28.7 Å². The first-order valence-electron chi connectivity index (χ1n) is 9.79. The van der Waals surface area contributed by atoms with Gasteiger partial charge >= 0.3 is 5.97 Å². The fourth-order valence-corrected chi connectivity index (χ4v) is 3.93. The van der Waals surface area contributed by atoms with Crippen LogP contribution in [0.4, 0.5) is 0 Å². The number of hydrogen-bond acceptors (Lipinski definition) is 5. The number of amides is 1. The number of benzene rings is 2. The second-order valence-corrected chi connectivity index (χ2v) is 7.41. The van der Waals surface area contributed by atoms with E-state index in [1.807, 2.05) is 12.1 Å². The normalized spacial score (nSPS) is 15.6. The van der Waals surface area contributed by atoms with Gasteiger partial charge in [0, 0.05) is 25.7 Å². The largest absolute Gasteiger partial charge is 0.497 e. The molecule has 0 saturated carbocycles. The summed E-state index contributed by atoms with van der Waals surface area (Å²) in [5, 5.41) is 12.4. The summed E-state index contributed by atoms with van der Waals surface area (Å²) in [5.74, 6) is -0.648. The lowest BCUT2D eigenvalue weighted by Crippen LogP contribution is -2.45. The number of furan rings is 2. The van der Waals surface area contributed by atoms with Crippen LogP contribution in [-0.4, -0.2) is 54.7 Å². The van der Waals surface area contributed by atoms with Crippen molar-refractivity contribution in [3.63, 3.8) is 0 Å². The number of piperidine rings is 1. The third-order valence-electron chi connectivity index (χ3n) is 5.59. The highest BCUT2D eigenvalue weighted by Gasteiger charge is 2.29. The minimum Gasteiger partial charge on any atom is -0.497 e. The Kier molecular flexibility index (Phi) is 5.40. The summed E-state index contributed by atoms with van der Waals surface area (Å²) in [6.45, 7) is 2.77. The molecule has 2 N–H and O–H groups in total. The van der Waals surface area contributed by atoms with Crippen LogP contribution in [0.1, 0.15) is 39.1 Å².